The largest absolute Gasteiger partial charge is 0.481 e. The van der Waals surface area contributed by atoms with Crippen molar-refractivity contribution in [3.8, 4) is 11.9 Å². The van der Waals surface area contributed by atoms with E-state index in [1.165, 1.54) is 12.1 Å². The number of hydrogen-bond donors (Lipinski definition) is 1. The second-order valence-corrected chi connectivity index (χ2v) is 4.87. The molecule has 134 valence electrons. The number of nitrogens with zero attached hydrogens (tertiary/aromatic N) is 3. The number of aromatic nitrogens is 2. The minimum absolute atomic E-state index is 0.0947. The summed E-state index contributed by atoms with van der Waals surface area (Å²) in [4.78, 5) is 17.3. The van der Waals surface area contributed by atoms with Crippen LogP contribution in [0.25, 0.3) is 0 Å². The van der Waals surface area contributed by atoms with E-state index in [1.807, 2.05) is 0 Å². The second kappa shape index (κ2) is 6.79. The molecule has 0 unspecified atom stereocenters. The van der Waals surface area contributed by atoms with Gasteiger partial charge in [-0.15, -0.1) is 0 Å². The number of anilines is 1. The van der Waals surface area contributed by atoms with Gasteiger partial charge in [-0.25, -0.2) is 0 Å². The predicted molar refractivity (Wildman–Crippen MR) is 80.5 cm³/mol. The van der Waals surface area contributed by atoms with Crippen LogP contribution in [0.5, 0.6) is 11.9 Å². The molecule has 0 saturated carbocycles. The van der Waals surface area contributed by atoms with Crippen molar-refractivity contribution in [3.05, 3.63) is 45.1 Å². The first-order chi connectivity index (χ1) is 11.7. The molecule has 0 saturated heterocycles. The first-order valence-electron chi connectivity index (χ1n) is 6.76. The van der Waals surface area contributed by atoms with Crippen LogP contribution in [-0.2, 0) is 12.6 Å². The van der Waals surface area contributed by atoms with Gasteiger partial charge in [0.25, 0.3) is 5.69 Å². The fraction of sp³-hybridized carbons (Fsp3) is 0.286. The van der Waals surface area contributed by atoms with E-state index in [-0.39, 0.29) is 29.1 Å². The third-order valence-electron chi connectivity index (χ3n) is 3.27. The lowest BCUT2D eigenvalue weighted by atomic mass is 10.0. The van der Waals surface area contributed by atoms with E-state index >= 15 is 0 Å². The minimum Gasteiger partial charge on any atom is -0.481 e. The van der Waals surface area contributed by atoms with Crippen LogP contribution in [0.3, 0.4) is 0 Å². The number of nitro benzene ring substituents is 1. The number of nitro groups is 1. The molecule has 0 atom stereocenters. The van der Waals surface area contributed by atoms with Gasteiger partial charge in [-0.1, -0.05) is 6.07 Å². The molecule has 2 aromatic rings. The van der Waals surface area contributed by atoms with Crippen LogP contribution in [0.2, 0.25) is 0 Å². The molecule has 2 rings (SSSR count). The molecule has 0 radical (unpaired) electrons. The number of hydrogen-bond acceptors (Lipinski definition) is 7. The molecule has 11 heteroatoms. The number of methoxy groups -OCH3 is 2. The fourth-order valence-electron chi connectivity index (χ4n) is 2.16. The summed E-state index contributed by atoms with van der Waals surface area (Å²) >= 11 is 0. The summed E-state index contributed by atoms with van der Waals surface area (Å²) in [6.45, 7) is 0. The average molecular weight is 358 g/mol. The van der Waals surface area contributed by atoms with E-state index in [9.17, 15) is 23.3 Å². The van der Waals surface area contributed by atoms with E-state index in [0.29, 0.717) is 0 Å². The van der Waals surface area contributed by atoms with Gasteiger partial charge in [0.15, 0.2) is 5.69 Å². The van der Waals surface area contributed by atoms with E-state index in [2.05, 4.69) is 14.7 Å². The number of rotatable bonds is 5. The Hall–Kier alpha value is -3.11. The predicted octanol–water partition coefficient (Wildman–Crippen LogP) is 2.59. The van der Waals surface area contributed by atoms with Crippen molar-refractivity contribution in [2.45, 2.75) is 12.6 Å². The molecule has 0 aliphatic rings. The Labute approximate surface area is 139 Å². The van der Waals surface area contributed by atoms with Crippen molar-refractivity contribution >= 4 is 11.4 Å². The van der Waals surface area contributed by atoms with Gasteiger partial charge in [0.05, 0.1) is 19.1 Å². The second-order valence-electron chi connectivity index (χ2n) is 4.87. The standard InChI is InChI=1S/C14H13F3N4O4/c1-24-12-8(11(14(15,16)17)19-13(20-12)25-2)5-7-3-4-9(18)10(6-7)21(22)23/h3-4,6H,5,18H2,1-2H3. The van der Waals surface area contributed by atoms with Gasteiger partial charge in [0.1, 0.15) is 5.69 Å². The molecular formula is C14H13F3N4O4. The van der Waals surface area contributed by atoms with Gasteiger partial charge in [-0.3, -0.25) is 10.1 Å². The van der Waals surface area contributed by atoms with E-state index in [4.69, 9.17) is 10.5 Å². The topological polar surface area (TPSA) is 113 Å². The Morgan fingerprint density at radius 1 is 1.24 bits per heavy atom. The van der Waals surface area contributed by atoms with Crippen LogP contribution in [0.15, 0.2) is 18.2 Å². The lowest BCUT2D eigenvalue weighted by Crippen LogP contribution is -2.16. The lowest BCUT2D eigenvalue weighted by Gasteiger charge is -2.15. The zero-order valence-electron chi connectivity index (χ0n) is 13.1. The van der Waals surface area contributed by atoms with Crippen LogP contribution in [0, 0.1) is 10.1 Å². The molecule has 0 aliphatic heterocycles. The number of alkyl halides is 3. The molecule has 0 bridgehead atoms. The summed E-state index contributed by atoms with van der Waals surface area (Å²) in [6.07, 6.45) is -5.14. The van der Waals surface area contributed by atoms with Crippen LogP contribution in [0.1, 0.15) is 16.8 Å². The SMILES string of the molecule is COc1nc(OC)c(Cc2ccc(N)c([N+](=O)[O-])c2)c(C(F)(F)F)n1. The molecule has 25 heavy (non-hydrogen) atoms. The maximum Gasteiger partial charge on any atom is 0.434 e. The molecule has 0 fully saturated rings. The van der Waals surface area contributed by atoms with Gasteiger partial charge in [0, 0.05) is 18.1 Å². The van der Waals surface area contributed by atoms with Crippen molar-refractivity contribution in [1.82, 2.24) is 9.97 Å². The minimum atomic E-state index is -4.79. The van der Waals surface area contributed by atoms with Gasteiger partial charge < -0.3 is 15.2 Å². The van der Waals surface area contributed by atoms with Gasteiger partial charge in [-0.05, 0) is 11.6 Å². The summed E-state index contributed by atoms with van der Waals surface area (Å²) < 4.78 is 49.5. The average Bonchev–Trinajstić information content (AvgIpc) is 2.55. The number of ether oxygens (including phenoxy) is 2. The summed E-state index contributed by atoms with van der Waals surface area (Å²) in [7, 11) is 2.27. The monoisotopic (exact) mass is 358 g/mol. The number of halogens is 3. The van der Waals surface area contributed by atoms with Crippen molar-refractivity contribution in [2.24, 2.45) is 0 Å². The number of benzene rings is 1. The van der Waals surface area contributed by atoms with Crippen molar-refractivity contribution in [1.29, 1.82) is 0 Å². The van der Waals surface area contributed by atoms with Crippen LogP contribution < -0.4 is 15.2 Å². The highest BCUT2D eigenvalue weighted by atomic mass is 19.4. The number of nitrogens with two attached hydrogens (primary N) is 1. The van der Waals surface area contributed by atoms with Crippen LogP contribution in [0.4, 0.5) is 24.5 Å². The summed E-state index contributed by atoms with van der Waals surface area (Å²) in [5.74, 6) is -0.335. The normalized spacial score (nSPS) is 11.2. The number of nitrogen functional groups attached to an aromatic ring is 1. The molecular weight excluding hydrogens is 345 g/mol. The van der Waals surface area contributed by atoms with E-state index in [1.54, 1.807) is 0 Å². The maximum atomic E-state index is 13.3. The fourth-order valence-corrected chi connectivity index (χ4v) is 2.16. The summed E-state index contributed by atoms with van der Waals surface area (Å²) in [6, 6.07) is 3.22. The zero-order valence-corrected chi connectivity index (χ0v) is 13.1. The Balaban J connectivity index is 2.59. The highest BCUT2D eigenvalue weighted by Gasteiger charge is 2.38. The Bertz CT molecular complexity index is 811. The maximum absolute atomic E-state index is 13.3. The van der Waals surface area contributed by atoms with E-state index < -0.39 is 28.5 Å². The third kappa shape index (κ3) is 3.87. The molecule has 0 amide bonds. The smallest absolute Gasteiger partial charge is 0.434 e. The summed E-state index contributed by atoms with van der Waals surface area (Å²) in [5, 5.41) is 10.9. The molecule has 1 aromatic heterocycles. The quantitative estimate of drug-likeness (QED) is 0.496. The van der Waals surface area contributed by atoms with Gasteiger partial charge >= 0.3 is 12.2 Å². The Morgan fingerprint density at radius 3 is 2.44 bits per heavy atom. The molecule has 0 aliphatic carbocycles. The van der Waals surface area contributed by atoms with Crippen LogP contribution >= 0.6 is 0 Å². The molecule has 1 aromatic carbocycles. The van der Waals surface area contributed by atoms with E-state index in [0.717, 1.165) is 20.3 Å². The first-order valence-corrected chi connectivity index (χ1v) is 6.76. The zero-order chi connectivity index (χ0) is 18.8. The first kappa shape index (κ1) is 18.2. The highest BCUT2D eigenvalue weighted by molar-refractivity contribution is 5.59. The van der Waals surface area contributed by atoms with Crippen molar-refractivity contribution in [3.63, 3.8) is 0 Å². The lowest BCUT2D eigenvalue weighted by molar-refractivity contribution is -0.383. The molecule has 2 N–H and O–H groups in total. The van der Waals surface area contributed by atoms with Crippen molar-refractivity contribution in [2.75, 3.05) is 20.0 Å². The molecule has 1 heterocycles. The van der Waals surface area contributed by atoms with Gasteiger partial charge in [-0.2, -0.15) is 23.1 Å². The summed E-state index contributed by atoms with van der Waals surface area (Å²) in [5.41, 5.74) is 3.61. The Kier molecular flexibility index (Phi) is 4.95. The Morgan fingerprint density at radius 2 is 1.92 bits per heavy atom. The highest BCUT2D eigenvalue weighted by Crippen LogP contribution is 2.37. The van der Waals surface area contributed by atoms with Gasteiger partial charge in [0.2, 0.25) is 5.88 Å². The van der Waals surface area contributed by atoms with Crippen LogP contribution in [-0.4, -0.2) is 29.1 Å². The van der Waals surface area contributed by atoms with Crippen molar-refractivity contribution < 1.29 is 27.6 Å². The molecule has 8 nitrogen and oxygen atoms in total. The third-order valence-corrected chi connectivity index (χ3v) is 3.27. The molecule has 0 spiro atoms.